The van der Waals surface area contributed by atoms with Gasteiger partial charge in [-0.2, -0.15) is 9.78 Å². The van der Waals surface area contributed by atoms with E-state index in [1.54, 1.807) is 43.3 Å². The molecule has 1 aliphatic carbocycles. The number of rotatable bonds is 10. The fraction of sp³-hybridized carbons (Fsp3) is 0.320. The molecule has 0 atom stereocenters. The monoisotopic (exact) mass is 512 g/mol. The van der Waals surface area contributed by atoms with Crippen LogP contribution in [0.4, 0.5) is 5.69 Å². The lowest BCUT2D eigenvalue weighted by atomic mass is 10.2. The standard InChI is InChI=1S/C25H28N4O6S/c1-15(2)14-26-36(33,34)21-13-18(27-23(30)17-9-10-17)11-12-20(21)35-24-16(3)22(25(31)32)28-29(24)19-7-5-4-6-8-19/h4-8,11-13,15,17,26H,9-10,14H2,1-3H3,(H,27,30)(H,31,32). The third-order valence-corrected chi connectivity index (χ3v) is 7.05. The highest BCUT2D eigenvalue weighted by atomic mass is 32.2. The highest BCUT2D eigenvalue weighted by molar-refractivity contribution is 7.89. The molecular weight excluding hydrogens is 484 g/mol. The van der Waals surface area contributed by atoms with Crippen molar-refractivity contribution >= 4 is 27.6 Å². The van der Waals surface area contributed by atoms with Crippen LogP contribution in [0.5, 0.6) is 11.6 Å². The summed E-state index contributed by atoms with van der Waals surface area (Å²) in [5.74, 6) is -1.37. The lowest BCUT2D eigenvalue weighted by Gasteiger charge is -2.16. The number of nitrogens with one attached hydrogen (secondary N) is 2. The average molecular weight is 513 g/mol. The number of sulfonamides is 1. The Bertz CT molecular complexity index is 1400. The van der Waals surface area contributed by atoms with Gasteiger partial charge >= 0.3 is 5.97 Å². The molecule has 0 radical (unpaired) electrons. The van der Waals surface area contributed by atoms with Crippen LogP contribution in [0, 0.1) is 18.8 Å². The zero-order valence-corrected chi connectivity index (χ0v) is 21.0. The van der Waals surface area contributed by atoms with Crippen molar-refractivity contribution in [2.24, 2.45) is 11.8 Å². The van der Waals surface area contributed by atoms with Crippen molar-refractivity contribution in [3.05, 3.63) is 59.8 Å². The zero-order chi connectivity index (χ0) is 26.0. The van der Waals surface area contributed by atoms with E-state index >= 15 is 0 Å². The fourth-order valence-corrected chi connectivity index (χ4v) is 4.84. The summed E-state index contributed by atoms with van der Waals surface area (Å²) in [6, 6.07) is 13.1. The van der Waals surface area contributed by atoms with E-state index in [4.69, 9.17) is 4.74 Å². The summed E-state index contributed by atoms with van der Waals surface area (Å²) in [4.78, 5) is 23.9. The van der Waals surface area contributed by atoms with Gasteiger partial charge in [-0.25, -0.2) is 17.9 Å². The van der Waals surface area contributed by atoms with Crippen molar-refractivity contribution in [1.29, 1.82) is 0 Å². The minimum absolute atomic E-state index is 0.0344. The quantitative estimate of drug-likeness (QED) is 0.374. The van der Waals surface area contributed by atoms with E-state index in [0.717, 1.165) is 12.8 Å². The predicted octanol–water partition coefficient (Wildman–Crippen LogP) is 3.95. The highest BCUT2D eigenvalue weighted by Crippen LogP contribution is 2.36. The zero-order valence-electron chi connectivity index (χ0n) is 20.2. The van der Waals surface area contributed by atoms with Crippen LogP contribution in [0.1, 0.15) is 42.7 Å². The van der Waals surface area contributed by atoms with E-state index in [-0.39, 0.29) is 52.1 Å². The first-order valence-corrected chi connectivity index (χ1v) is 13.1. The first-order valence-electron chi connectivity index (χ1n) is 11.6. The smallest absolute Gasteiger partial charge is 0.356 e. The topological polar surface area (TPSA) is 140 Å². The summed E-state index contributed by atoms with van der Waals surface area (Å²) >= 11 is 0. The molecule has 2 aromatic carbocycles. The number of ether oxygens (including phenoxy) is 1. The molecule has 4 rings (SSSR count). The SMILES string of the molecule is Cc1c(C(=O)O)nn(-c2ccccc2)c1Oc1ccc(NC(=O)C2CC2)cc1S(=O)(=O)NCC(C)C. The lowest BCUT2D eigenvalue weighted by molar-refractivity contribution is -0.117. The summed E-state index contributed by atoms with van der Waals surface area (Å²) in [6.45, 7) is 5.49. The number of para-hydroxylation sites is 1. The number of aromatic nitrogens is 2. The summed E-state index contributed by atoms with van der Waals surface area (Å²) in [5, 5.41) is 16.6. The van der Waals surface area contributed by atoms with Crippen LogP contribution in [-0.2, 0) is 14.8 Å². The normalized spacial score (nSPS) is 13.6. The van der Waals surface area contributed by atoms with Gasteiger partial charge in [0.1, 0.15) is 10.6 Å². The molecule has 0 bridgehead atoms. The van der Waals surface area contributed by atoms with Gasteiger partial charge in [0.15, 0.2) is 5.69 Å². The molecule has 11 heteroatoms. The highest BCUT2D eigenvalue weighted by Gasteiger charge is 2.31. The minimum atomic E-state index is -4.04. The first-order chi connectivity index (χ1) is 17.1. The maximum absolute atomic E-state index is 13.3. The maximum Gasteiger partial charge on any atom is 0.356 e. The van der Waals surface area contributed by atoms with E-state index in [2.05, 4.69) is 15.1 Å². The molecule has 0 saturated heterocycles. The van der Waals surface area contributed by atoms with Crippen molar-refractivity contribution in [3.63, 3.8) is 0 Å². The van der Waals surface area contributed by atoms with E-state index in [1.165, 1.54) is 16.8 Å². The van der Waals surface area contributed by atoms with Crippen molar-refractivity contribution < 1.29 is 27.9 Å². The summed E-state index contributed by atoms with van der Waals surface area (Å²) < 4.78 is 36.5. The lowest BCUT2D eigenvalue weighted by Crippen LogP contribution is -2.28. The fourth-order valence-electron chi connectivity index (χ4n) is 3.48. The molecule has 0 unspecified atom stereocenters. The van der Waals surface area contributed by atoms with Gasteiger partial charge in [0.25, 0.3) is 0 Å². The van der Waals surface area contributed by atoms with Crippen LogP contribution in [0.3, 0.4) is 0 Å². The molecule has 1 amide bonds. The van der Waals surface area contributed by atoms with Gasteiger partial charge in [-0.3, -0.25) is 4.79 Å². The van der Waals surface area contributed by atoms with Crippen molar-refractivity contribution in [3.8, 4) is 17.3 Å². The molecular formula is C25H28N4O6S. The van der Waals surface area contributed by atoms with Crippen molar-refractivity contribution in [2.45, 2.75) is 38.5 Å². The minimum Gasteiger partial charge on any atom is -0.476 e. The Morgan fingerprint density at radius 3 is 2.47 bits per heavy atom. The number of nitrogens with zero attached hydrogens (tertiary/aromatic N) is 2. The number of aromatic carboxylic acids is 1. The van der Waals surface area contributed by atoms with Crippen molar-refractivity contribution in [2.75, 3.05) is 11.9 Å². The van der Waals surface area contributed by atoms with Crippen LogP contribution in [0.2, 0.25) is 0 Å². The molecule has 3 aromatic rings. The summed E-state index contributed by atoms with van der Waals surface area (Å²) in [5.41, 5.74) is 0.878. The largest absolute Gasteiger partial charge is 0.476 e. The van der Waals surface area contributed by atoms with Gasteiger partial charge in [-0.05, 0) is 56.0 Å². The second-order valence-electron chi connectivity index (χ2n) is 9.10. The van der Waals surface area contributed by atoms with Gasteiger partial charge < -0.3 is 15.2 Å². The van der Waals surface area contributed by atoms with Gasteiger partial charge in [0, 0.05) is 23.7 Å². The first kappa shape index (κ1) is 25.4. The molecule has 10 nitrogen and oxygen atoms in total. The maximum atomic E-state index is 13.3. The van der Waals surface area contributed by atoms with E-state index in [1.807, 2.05) is 13.8 Å². The molecule has 3 N–H and O–H groups in total. The van der Waals surface area contributed by atoms with Gasteiger partial charge in [0.05, 0.1) is 5.69 Å². The molecule has 1 fully saturated rings. The molecule has 36 heavy (non-hydrogen) atoms. The predicted molar refractivity (Wildman–Crippen MR) is 133 cm³/mol. The number of hydrogen-bond acceptors (Lipinski definition) is 6. The Morgan fingerprint density at radius 2 is 1.86 bits per heavy atom. The Balaban J connectivity index is 1.79. The van der Waals surface area contributed by atoms with Gasteiger partial charge in [-0.15, -0.1) is 0 Å². The van der Waals surface area contributed by atoms with Gasteiger partial charge in [-0.1, -0.05) is 32.0 Å². The Morgan fingerprint density at radius 1 is 1.17 bits per heavy atom. The molecule has 1 saturated carbocycles. The van der Waals surface area contributed by atoms with E-state index < -0.39 is 16.0 Å². The Labute approximate surface area is 209 Å². The molecule has 190 valence electrons. The van der Waals surface area contributed by atoms with Crippen LogP contribution < -0.4 is 14.8 Å². The van der Waals surface area contributed by atoms with Crippen LogP contribution in [-0.4, -0.2) is 41.7 Å². The number of carboxylic acids is 1. The summed E-state index contributed by atoms with van der Waals surface area (Å²) in [6.07, 6.45) is 1.62. The average Bonchev–Trinajstić information content (AvgIpc) is 3.64. The second kappa shape index (κ2) is 10.1. The molecule has 0 spiro atoms. The third-order valence-electron chi connectivity index (χ3n) is 5.61. The second-order valence-corrected chi connectivity index (χ2v) is 10.8. The Kier molecular flexibility index (Phi) is 7.14. The van der Waals surface area contributed by atoms with E-state index in [0.29, 0.717) is 11.4 Å². The number of benzene rings is 2. The van der Waals surface area contributed by atoms with Gasteiger partial charge in [0.2, 0.25) is 21.8 Å². The molecule has 1 heterocycles. The Hall–Kier alpha value is -3.70. The van der Waals surface area contributed by atoms with Crippen LogP contribution in [0.15, 0.2) is 53.4 Å². The molecule has 1 aliphatic rings. The number of hydrogen-bond donors (Lipinski definition) is 3. The van der Waals surface area contributed by atoms with Crippen LogP contribution >= 0.6 is 0 Å². The third kappa shape index (κ3) is 5.58. The van der Waals surface area contributed by atoms with Crippen LogP contribution in [0.25, 0.3) is 5.69 Å². The summed E-state index contributed by atoms with van der Waals surface area (Å²) in [7, 11) is -4.04. The number of carbonyl (C=O) groups is 2. The number of anilines is 1. The number of carboxylic acid groups (broad SMARTS) is 1. The number of amides is 1. The number of carbonyl (C=O) groups excluding carboxylic acids is 1. The van der Waals surface area contributed by atoms with E-state index in [9.17, 15) is 23.1 Å². The van der Waals surface area contributed by atoms with Crippen molar-refractivity contribution in [1.82, 2.24) is 14.5 Å². The molecule has 1 aromatic heterocycles. The molecule has 0 aliphatic heterocycles.